The number of hydrogen-bond acceptors (Lipinski definition) is 8. The molecule has 4 aliphatic rings. The molecule has 0 aromatic carbocycles. The Morgan fingerprint density at radius 2 is 1.31 bits per heavy atom. The highest BCUT2D eigenvalue weighted by Crippen LogP contribution is 2.40. The van der Waals surface area contributed by atoms with Gasteiger partial charge in [-0.15, -0.1) is 22.7 Å². The molecule has 2 fully saturated rings. The molecule has 2 aromatic heterocycles. The minimum absolute atomic E-state index is 0.474. The van der Waals surface area contributed by atoms with Crippen LogP contribution >= 0.6 is 70.5 Å². The van der Waals surface area contributed by atoms with Crippen LogP contribution in [0.3, 0.4) is 0 Å². The highest BCUT2D eigenvalue weighted by molar-refractivity contribution is 9.12. The van der Waals surface area contributed by atoms with Crippen LogP contribution in [0.1, 0.15) is 62.5 Å². The number of aliphatic imine (C=N–C) groups is 2. The van der Waals surface area contributed by atoms with Crippen LogP contribution in [0.15, 0.2) is 26.7 Å². The second kappa shape index (κ2) is 11.4. The van der Waals surface area contributed by atoms with E-state index in [1.165, 1.54) is 62.5 Å². The van der Waals surface area contributed by atoms with Gasteiger partial charge in [0.25, 0.3) is 0 Å². The predicted octanol–water partition coefficient (Wildman–Crippen LogP) is 7.77. The molecule has 2 aromatic rings. The highest BCUT2D eigenvalue weighted by Gasteiger charge is 2.32. The first kappa shape index (κ1) is 26.0. The van der Waals surface area contributed by atoms with E-state index in [4.69, 9.17) is 9.98 Å². The lowest BCUT2D eigenvalue weighted by molar-refractivity contribution is 0.384. The van der Waals surface area contributed by atoms with Gasteiger partial charge in [0.15, 0.2) is 11.9 Å². The van der Waals surface area contributed by atoms with Gasteiger partial charge in [0.1, 0.15) is 0 Å². The van der Waals surface area contributed by atoms with Crippen molar-refractivity contribution in [3.05, 3.63) is 27.9 Å². The Morgan fingerprint density at radius 1 is 0.771 bits per heavy atom. The number of hydrogen-bond donors (Lipinski definition) is 4. The van der Waals surface area contributed by atoms with Crippen LogP contribution in [-0.2, 0) is 0 Å². The molecule has 0 saturated heterocycles. The number of thiophene rings is 2. The van der Waals surface area contributed by atoms with Crippen molar-refractivity contribution >= 4 is 93.8 Å². The van der Waals surface area contributed by atoms with Crippen molar-refractivity contribution in [3.63, 3.8) is 0 Å². The van der Waals surface area contributed by atoms with Crippen molar-refractivity contribution in [2.45, 2.75) is 89.4 Å². The van der Waals surface area contributed by atoms with Gasteiger partial charge in [0.05, 0.1) is 46.9 Å². The molecule has 2 aliphatic heterocycles. The molecule has 35 heavy (non-hydrogen) atoms. The minimum Gasteiger partial charge on any atom is -0.351 e. The Labute approximate surface area is 240 Å². The molecule has 0 spiro atoms. The molecule has 0 amide bonds. The van der Waals surface area contributed by atoms with Gasteiger partial charge in [-0.1, -0.05) is 25.7 Å². The zero-order chi connectivity index (χ0) is 24.5. The van der Waals surface area contributed by atoms with Crippen molar-refractivity contribution in [2.24, 2.45) is 9.98 Å². The molecule has 0 radical (unpaired) electrons. The van der Waals surface area contributed by atoms with Crippen molar-refractivity contribution in [1.82, 2.24) is 10.6 Å². The predicted molar refractivity (Wildman–Crippen MR) is 162 cm³/mol. The van der Waals surface area contributed by atoms with E-state index in [0.29, 0.717) is 24.2 Å². The molecule has 11 heteroatoms. The molecule has 190 valence electrons. The van der Waals surface area contributed by atoms with Crippen LogP contribution in [0.25, 0.3) is 0 Å². The molecule has 4 N–H and O–H groups in total. The number of halogens is 3. The van der Waals surface area contributed by atoms with Crippen molar-refractivity contribution in [2.75, 3.05) is 10.6 Å². The van der Waals surface area contributed by atoms with Crippen molar-refractivity contribution < 1.29 is 0 Å². The lowest BCUT2D eigenvalue weighted by Crippen LogP contribution is -2.38. The Hall–Kier alpha value is -0.620. The summed E-state index contributed by atoms with van der Waals surface area (Å²) in [5, 5.41) is 16.0. The zero-order valence-corrected chi connectivity index (χ0v) is 26.3. The van der Waals surface area contributed by atoms with E-state index in [2.05, 4.69) is 88.3 Å². The summed E-state index contributed by atoms with van der Waals surface area (Å²) in [5.41, 5.74) is 4.77. The molecule has 6 nitrogen and oxygen atoms in total. The largest absolute Gasteiger partial charge is 0.351 e. The second-order valence-corrected chi connectivity index (χ2v) is 15.5. The van der Waals surface area contributed by atoms with Gasteiger partial charge >= 0.3 is 0 Å². The SMILES string of the molecule is Cc1c(Br)sc(Br)c1NC1=N[C@@H]2CCCCC2N1.Cc1csc(Br)c1NC1=N[C@@H]2CCCCC2N1. The van der Waals surface area contributed by atoms with Crippen LogP contribution in [0.5, 0.6) is 0 Å². The van der Waals surface area contributed by atoms with Crippen molar-refractivity contribution in [1.29, 1.82) is 0 Å². The normalized spacial score (nSPS) is 26.9. The molecule has 2 aliphatic carbocycles. The van der Waals surface area contributed by atoms with E-state index in [0.717, 1.165) is 34.7 Å². The number of fused-ring (bicyclic) bond motifs is 2. The Morgan fingerprint density at radius 3 is 1.77 bits per heavy atom. The van der Waals surface area contributed by atoms with Gasteiger partial charge in [-0.3, -0.25) is 0 Å². The molecule has 4 atom stereocenters. The third kappa shape index (κ3) is 5.94. The van der Waals surface area contributed by atoms with E-state index in [1.54, 1.807) is 22.7 Å². The first-order chi connectivity index (χ1) is 16.9. The monoisotopic (exact) mass is 704 g/mol. The van der Waals surface area contributed by atoms with Crippen LogP contribution in [0.2, 0.25) is 0 Å². The maximum absolute atomic E-state index is 4.76. The van der Waals surface area contributed by atoms with Crippen molar-refractivity contribution in [3.8, 4) is 0 Å². The van der Waals surface area contributed by atoms with Gasteiger partial charge in [-0.2, -0.15) is 0 Å². The Kier molecular flexibility index (Phi) is 8.48. The molecular formula is C24H31Br3N6S2. The maximum Gasteiger partial charge on any atom is 0.196 e. The number of nitrogens with zero attached hydrogens (tertiary/aromatic N) is 2. The fourth-order valence-corrected chi connectivity index (χ4v) is 9.51. The molecular weight excluding hydrogens is 676 g/mol. The number of guanidine groups is 2. The molecule has 2 saturated carbocycles. The number of nitrogens with one attached hydrogen (secondary N) is 4. The minimum atomic E-state index is 0.474. The van der Waals surface area contributed by atoms with E-state index in [1.807, 2.05) is 0 Å². The van der Waals surface area contributed by atoms with Gasteiger partial charge in [0, 0.05) is 0 Å². The molecule has 2 unspecified atom stereocenters. The summed E-state index contributed by atoms with van der Waals surface area (Å²) in [6, 6.07) is 2.07. The lowest BCUT2D eigenvalue weighted by Gasteiger charge is -2.23. The highest BCUT2D eigenvalue weighted by atomic mass is 79.9. The van der Waals surface area contributed by atoms with E-state index in [9.17, 15) is 0 Å². The number of aryl methyl sites for hydroxylation is 1. The topological polar surface area (TPSA) is 72.8 Å². The zero-order valence-electron chi connectivity index (χ0n) is 19.9. The third-order valence-corrected chi connectivity index (χ3v) is 11.8. The van der Waals surface area contributed by atoms with Gasteiger partial charge in [-0.25, -0.2) is 9.98 Å². The number of rotatable bonds is 2. The van der Waals surface area contributed by atoms with Gasteiger partial charge in [-0.05, 0) is 104 Å². The fraction of sp³-hybridized carbons (Fsp3) is 0.583. The average Bonchev–Trinajstić information content (AvgIpc) is 3.59. The standard InChI is InChI=1S/C12H15Br2N3S.C12H16BrN3S/c1-6-9(11(14)18-10(6)13)17-12-15-7-4-2-3-5-8(7)16-12;1-7-6-17-11(13)10(7)16-12-14-8-4-2-3-5-9(8)15-12/h7-8H,2-5H2,1H3,(H2,15,16,17);6,8-9H,2-5H2,1H3,(H2,14,15,16)/t7-,8?;8-,9?/m11/s1. The summed E-state index contributed by atoms with van der Waals surface area (Å²) in [6.07, 6.45) is 10.2. The quantitative estimate of drug-likeness (QED) is 0.258. The Balaban J connectivity index is 0.000000145. The average molecular weight is 707 g/mol. The summed E-state index contributed by atoms with van der Waals surface area (Å²) in [4.78, 5) is 9.51. The summed E-state index contributed by atoms with van der Waals surface area (Å²) in [6.45, 7) is 4.22. The summed E-state index contributed by atoms with van der Waals surface area (Å²) < 4.78 is 3.42. The Bertz CT molecular complexity index is 1110. The van der Waals surface area contributed by atoms with Crippen LogP contribution in [0, 0.1) is 13.8 Å². The second-order valence-electron chi connectivity index (χ2n) is 9.63. The third-order valence-electron chi connectivity index (χ3n) is 7.16. The number of anilines is 2. The van der Waals surface area contributed by atoms with E-state index < -0.39 is 0 Å². The van der Waals surface area contributed by atoms with Crippen LogP contribution in [-0.4, -0.2) is 36.1 Å². The molecule has 0 bridgehead atoms. The summed E-state index contributed by atoms with van der Waals surface area (Å²) >= 11 is 14.1. The molecule has 6 rings (SSSR count). The smallest absolute Gasteiger partial charge is 0.196 e. The van der Waals surface area contributed by atoms with E-state index >= 15 is 0 Å². The summed E-state index contributed by atoms with van der Waals surface area (Å²) in [7, 11) is 0. The van der Waals surface area contributed by atoms with Crippen LogP contribution < -0.4 is 21.3 Å². The lowest BCUT2D eigenvalue weighted by atomic mass is 9.92. The van der Waals surface area contributed by atoms with E-state index in [-0.39, 0.29) is 0 Å². The first-order valence-electron chi connectivity index (χ1n) is 12.3. The van der Waals surface area contributed by atoms with Gasteiger partial charge in [0.2, 0.25) is 0 Å². The first-order valence-corrected chi connectivity index (χ1v) is 16.4. The summed E-state index contributed by atoms with van der Waals surface area (Å²) in [5.74, 6) is 1.88. The fourth-order valence-electron chi connectivity index (χ4n) is 5.15. The van der Waals surface area contributed by atoms with Gasteiger partial charge < -0.3 is 21.3 Å². The maximum atomic E-state index is 4.76. The molecule has 4 heterocycles. The van der Waals surface area contributed by atoms with Crippen LogP contribution in [0.4, 0.5) is 11.4 Å².